The van der Waals surface area contributed by atoms with Gasteiger partial charge in [-0.15, -0.1) is 0 Å². The third kappa shape index (κ3) is 2.42. The molecule has 6 heteroatoms. The summed E-state index contributed by atoms with van der Waals surface area (Å²) in [4.78, 5) is 0. The Bertz CT molecular complexity index is 393. The Morgan fingerprint density at radius 2 is 1.93 bits per heavy atom. The minimum absolute atomic E-state index is 0.107. The van der Waals surface area contributed by atoms with Crippen molar-refractivity contribution in [1.29, 1.82) is 0 Å². The Labute approximate surface area is 102 Å². The van der Waals surface area contributed by atoms with E-state index in [0.717, 1.165) is 5.56 Å². The first-order valence-corrected chi connectivity index (χ1v) is 5.18. The van der Waals surface area contributed by atoms with Crippen LogP contribution in [0.4, 0.5) is 5.69 Å². The first-order chi connectivity index (χ1) is 6.43. The zero-order valence-electron chi connectivity index (χ0n) is 7.20. The Morgan fingerprint density at radius 3 is 2.43 bits per heavy atom. The molecule has 1 aromatic carbocycles. The second-order valence-corrected chi connectivity index (χ2v) is 4.28. The van der Waals surface area contributed by atoms with Gasteiger partial charge in [0.25, 0.3) is 0 Å². The van der Waals surface area contributed by atoms with Gasteiger partial charge < -0.3 is 11.1 Å². The average molecular weight is 270 g/mol. The molecule has 2 nitrogen and oxygen atoms in total. The summed E-state index contributed by atoms with van der Waals surface area (Å²) in [5.41, 5.74) is 6.54. The van der Waals surface area contributed by atoms with Gasteiger partial charge in [-0.1, -0.05) is 34.8 Å². The molecule has 3 N–H and O–H groups in total. The summed E-state index contributed by atoms with van der Waals surface area (Å²) in [6.07, 6.45) is 0. The van der Waals surface area contributed by atoms with E-state index in [9.17, 15) is 0 Å². The first kappa shape index (κ1) is 11.9. The van der Waals surface area contributed by atoms with Crippen LogP contribution in [0.15, 0.2) is 6.07 Å². The van der Waals surface area contributed by atoms with Gasteiger partial charge in [0.2, 0.25) is 0 Å². The lowest BCUT2D eigenvalue weighted by Crippen LogP contribution is -2.19. The van der Waals surface area contributed by atoms with Gasteiger partial charge in [0.05, 0.1) is 15.7 Å². The third-order valence-corrected chi connectivity index (χ3v) is 2.91. The highest BCUT2D eigenvalue weighted by molar-refractivity contribution is 7.80. The number of hydrogen-bond donors (Lipinski definition) is 2. The van der Waals surface area contributed by atoms with Crippen molar-refractivity contribution >= 4 is 57.8 Å². The summed E-state index contributed by atoms with van der Waals surface area (Å²) in [7, 11) is 0. The molecule has 1 rings (SSSR count). The van der Waals surface area contributed by atoms with E-state index in [-0.39, 0.29) is 5.11 Å². The molecule has 0 saturated heterocycles. The molecule has 0 heterocycles. The fraction of sp³-hybridized carbons (Fsp3) is 0.125. The smallest absolute Gasteiger partial charge is 0.168 e. The molecule has 1 aromatic rings. The number of benzene rings is 1. The van der Waals surface area contributed by atoms with Crippen LogP contribution in [0.25, 0.3) is 0 Å². The van der Waals surface area contributed by atoms with Crippen molar-refractivity contribution in [2.45, 2.75) is 6.92 Å². The van der Waals surface area contributed by atoms with Crippen LogP contribution in [-0.2, 0) is 0 Å². The van der Waals surface area contributed by atoms with Crippen LogP contribution in [-0.4, -0.2) is 5.11 Å². The van der Waals surface area contributed by atoms with Gasteiger partial charge in [-0.25, -0.2) is 0 Å². The van der Waals surface area contributed by atoms with Crippen molar-refractivity contribution in [1.82, 2.24) is 0 Å². The van der Waals surface area contributed by atoms with Crippen molar-refractivity contribution < 1.29 is 0 Å². The molecule has 0 aliphatic carbocycles. The summed E-state index contributed by atoms with van der Waals surface area (Å²) in [6, 6.07) is 1.59. The van der Waals surface area contributed by atoms with E-state index in [1.165, 1.54) is 0 Å². The second-order valence-electron chi connectivity index (χ2n) is 2.64. The minimum atomic E-state index is 0.107. The predicted octanol–water partition coefficient (Wildman–Crippen LogP) is 3.61. The number of thiocarbonyl (C=S) groups is 1. The topological polar surface area (TPSA) is 38.0 Å². The molecule has 0 amide bonds. The van der Waals surface area contributed by atoms with Gasteiger partial charge in [-0.3, -0.25) is 0 Å². The maximum Gasteiger partial charge on any atom is 0.168 e. The monoisotopic (exact) mass is 268 g/mol. The molecule has 0 fully saturated rings. The van der Waals surface area contributed by atoms with Crippen molar-refractivity contribution in [3.63, 3.8) is 0 Å². The van der Waals surface area contributed by atoms with Crippen LogP contribution >= 0.6 is 47.0 Å². The molecule has 0 aromatic heterocycles. The van der Waals surface area contributed by atoms with Crippen LogP contribution < -0.4 is 11.1 Å². The highest BCUT2D eigenvalue weighted by atomic mass is 35.5. The molecule has 0 unspecified atom stereocenters. The Morgan fingerprint density at radius 1 is 1.36 bits per heavy atom. The number of hydrogen-bond acceptors (Lipinski definition) is 1. The Balaban J connectivity index is 3.29. The zero-order chi connectivity index (χ0) is 10.9. The highest BCUT2D eigenvalue weighted by Gasteiger charge is 2.12. The third-order valence-electron chi connectivity index (χ3n) is 1.65. The lowest BCUT2D eigenvalue weighted by atomic mass is 10.2. The standard InChI is InChI=1S/C8H7Cl3N2S/c1-3-4(9)2-5(10)7(6(3)11)13-8(12)14/h2H,1H3,(H3,12,13,14). The molecule has 76 valence electrons. The van der Waals surface area contributed by atoms with E-state index in [2.05, 4.69) is 17.5 Å². The van der Waals surface area contributed by atoms with Crippen LogP contribution in [0, 0.1) is 6.92 Å². The fourth-order valence-corrected chi connectivity index (χ4v) is 1.89. The van der Waals surface area contributed by atoms with Gasteiger partial charge in [0.15, 0.2) is 5.11 Å². The number of nitrogens with one attached hydrogen (secondary N) is 1. The quantitative estimate of drug-likeness (QED) is 0.765. The summed E-state index contributed by atoms with van der Waals surface area (Å²) >= 11 is 22.5. The molecule has 0 aliphatic heterocycles. The Kier molecular flexibility index (Phi) is 3.84. The van der Waals surface area contributed by atoms with E-state index < -0.39 is 0 Å². The van der Waals surface area contributed by atoms with E-state index >= 15 is 0 Å². The van der Waals surface area contributed by atoms with Crippen LogP contribution in [0.5, 0.6) is 0 Å². The Hall–Kier alpha value is -0.220. The second kappa shape index (κ2) is 4.53. The maximum atomic E-state index is 6.00. The predicted molar refractivity (Wildman–Crippen MR) is 66.6 cm³/mol. The van der Waals surface area contributed by atoms with Crippen molar-refractivity contribution in [3.05, 3.63) is 26.7 Å². The van der Waals surface area contributed by atoms with E-state index in [0.29, 0.717) is 20.8 Å². The van der Waals surface area contributed by atoms with Crippen LogP contribution in [0.1, 0.15) is 5.56 Å². The lowest BCUT2D eigenvalue weighted by molar-refractivity contribution is 1.46. The molecule has 0 radical (unpaired) electrons. The first-order valence-electron chi connectivity index (χ1n) is 3.64. The van der Waals surface area contributed by atoms with Gasteiger partial charge in [0.1, 0.15) is 0 Å². The van der Waals surface area contributed by atoms with E-state index in [4.69, 9.17) is 40.5 Å². The lowest BCUT2D eigenvalue weighted by Gasteiger charge is -2.11. The average Bonchev–Trinajstić information content (AvgIpc) is 2.09. The minimum Gasteiger partial charge on any atom is -0.376 e. The SMILES string of the molecule is Cc1c(Cl)cc(Cl)c(NC(N)=S)c1Cl. The molecule has 0 atom stereocenters. The molecule has 14 heavy (non-hydrogen) atoms. The fourth-order valence-electron chi connectivity index (χ4n) is 0.927. The molecule has 0 spiro atoms. The van der Waals surface area contributed by atoms with Crippen LogP contribution in [0.3, 0.4) is 0 Å². The van der Waals surface area contributed by atoms with E-state index in [1.807, 2.05) is 0 Å². The maximum absolute atomic E-state index is 6.00. The zero-order valence-corrected chi connectivity index (χ0v) is 10.3. The van der Waals surface area contributed by atoms with Gasteiger partial charge in [-0.2, -0.15) is 0 Å². The summed E-state index contributed by atoms with van der Waals surface area (Å²) < 4.78 is 0. The summed E-state index contributed by atoms with van der Waals surface area (Å²) in [5, 5.41) is 4.12. The van der Waals surface area contributed by atoms with Crippen LogP contribution in [0.2, 0.25) is 15.1 Å². The normalized spacial score (nSPS) is 10.0. The van der Waals surface area contributed by atoms with Gasteiger partial charge in [-0.05, 0) is 30.8 Å². The molecule has 0 saturated carbocycles. The van der Waals surface area contributed by atoms with Crippen molar-refractivity contribution in [2.75, 3.05) is 5.32 Å². The number of halogens is 3. The van der Waals surface area contributed by atoms with Crippen molar-refractivity contribution in [3.8, 4) is 0 Å². The van der Waals surface area contributed by atoms with Gasteiger partial charge in [0, 0.05) is 5.02 Å². The van der Waals surface area contributed by atoms with Crippen molar-refractivity contribution in [2.24, 2.45) is 5.73 Å². The summed E-state index contributed by atoms with van der Waals surface area (Å²) in [6.45, 7) is 1.78. The largest absolute Gasteiger partial charge is 0.376 e. The van der Waals surface area contributed by atoms with Gasteiger partial charge >= 0.3 is 0 Å². The number of rotatable bonds is 1. The molecule has 0 bridgehead atoms. The highest BCUT2D eigenvalue weighted by Crippen LogP contribution is 2.37. The number of anilines is 1. The molecular formula is C8H7Cl3N2S. The molecular weight excluding hydrogens is 263 g/mol. The molecule has 0 aliphatic rings. The summed E-state index contributed by atoms with van der Waals surface area (Å²) in [5.74, 6) is 0. The van der Waals surface area contributed by atoms with E-state index in [1.54, 1.807) is 13.0 Å². The number of nitrogens with two attached hydrogens (primary N) is 1.